The molecule has 12 heavy (non-hydrogen) atoms. The molecule has 0 atom stereocenters. The number of rotatable bonds is 1. The van der Waals surface area contributed by atoms with E-state index < -0.39 is 0 Å². The van der Waals surface area contributed by atoms with Crippen LogP contribution in [0.25, 0.3) is 0 Å². The van der Waals surface area contributed by atoms with E-state index >= 15 is 0 Å². The predicted molar refractivity (Wildman–Crippen MR) is 48.8 cm³/mol. The Morgan fingerprint density at radius 1 is 1.33 bits per heavy atom. The van der Waals surface area contributed by atoms with Gasteiger partial charge in [0.05, 0.1) is 12.8 Å². The van der Waals surface area contributed by atoms with Gasteiger partial charge in [0.1, 0.15) is 0 Å². The highest BCUT2D eigenvalue weighted by atomic mass is 16.7. The highest BCUT2D eigenvalue weighted by molar-refractivity contribution is 5.56. The van der Waals surface area contributed by atoms with Crippen molar-refractivity contribution >= 4 is 5.69 Å². The number of benzene rings is 1. The fraction of sp³-hybridized carbons (Fsp3) is 0.200. The first-order valence-corrected chi connectivity index (χ1v) is 4.00. The minimum atomic E-state index is 0.996. The van der Waals surface area contributed by atoms with E-state index in [9.17, 15) is 0 Å². The summed E-state index contributed by atoms with van der Waals surface area (Å²) in [5, 5.41) is 1.78. The summed E-state index contributed by atoms with van der Waals surface area (Å²) in [5.74, 6) is 0. The zero-order chi connectivity index (χ0) is 8.39. The largest absolute Gasteiger partial charge is 0.272 e. The van der Waals surface area contributed by atoms with E-state index in [2.05, 4.69) is 18.2 Å². The molecule has 0 radical (unpaired) electrons. The Morgan fingerprint density at radius 3 is 3.00 bits per heavy atom. The fourth-order valence-corrected chi connectivity index (χ4v) is 1.41. The Kier molecular flexibility index (Phi) is 1.84. The molecule has 0 saturated carbocycles. The quantitative estimate of drug-likeness (QED) is 0.625. The van der Waals surface area contributed by atoms with Crippen LogP contribution in [0.2, 0.25) is 0 Å². The summed E-state index contributed by atoms with van der Waals surface area (Å²) in [6.45, 7) is 0. The van der Waals surface area contributed by atoms with Crippen LogP contribution in [0.5, 0.6) is 0 Å². The maximum Gasteiger partial charge on any atom is 0.0723 e. The number of anilines is 1. The fourth-order valence-electron chi connectivity index (χ4n) is 1.41. The monoisotopic (exact) mass is 161 g/mol. The van der Waals surface area contributed by atoms with Crippen LogP contribution >= 0.6 is 0 Å². The molecule has 0 amide bonds. The molecule has 62 valence electrons. The summed E-state index contributed by atoms with van der Waals surface area (Å²) in [5.41, 5.74) is 2.45. The second-order valence-electron chi connectivity index (χ2n) is 2.73. The summed E-state index contributed by atoms with van der Waals surface area (Å²) in [4.78, 5) is 5.16. The van der Waals surface area contributed by atoms with Crippen molar-refractivity contribution in [3.05, 3.63) is 42.1 Å². The number of nitrogens with zero attached hydrogens (tertiary/aromatic N) is 1. The van der Waals surface area contributed by atoms with Gasteiger partial charge < -0.3 is 0 Å². The van der Waals surface area contributed by atoms with Crippen molar-refractivity contribution in [2.45, 2.75) is 6.42 Å². The van der Waals surface area contributed by atoms with Crippen LogP contribution in [0.4, 0.5) is 5.69 Å². The highest BCUT2D eigenvalue weighted by Crippen LogP contribution is 2.24. The summed E-state index contributed by atoms with van der Waals surface area (Å²) in [7, 11) is 1.67. The van der Waals surface area contributed by atoms with Gasteiger partial charge in [-0.2, -0.15) is 0 Å². The minimum Gasteiger partial charge on any atom is -0.272 e. The second kappa shape index (κ2) is 2.99. The van der Waals surface area contributed by atoms with Gasteiger partial charge in [-0.05, 0) is 18.1 Å². The van der Waals surface area contributed by atoms with Crippen molar-refractivity contribution in [1.29, 1.82) is 0 Å². The second-order valence-corrected chi connectivity index (χ2v) is 2.73. The zero-order valence-corrected chi connectivity index (χ0v) is 7.03. The Hall–Kier alpha value is -1.28. The van der Waals surface area contributed by atoms with Crippen molar-refractivity contribution in [3.8, 4) is 0 Å². The molecule has 0 unspecified atom stereocenters. The van der Waals surface area contributed by atoms with Gasteiger partial charge in [0.2, 0.25) is 0 Å². The molecular weight excluding hydrogens is 150 g/mol. The van der Waals surface area contributed by atoms with E-state index in [-0.39, 0.29) is 0 Å². The van der Waals surface area contributed by atoms with E-state index in [1.165, 1.54) is 5.56 Å². The molecule has 0 aliphatic carbocycles. The highest BCUT2D eigenvalue weighted by Gasteiger charge is 2.10. The summed E-state index contributed by atoms with van der Waals surface area (Å²) in [6, 6.07) is 8.24. The van der Waals surface area contributed by atoms with Gasteiger partial charge in [-0.15, -0.1) is 0 Å². The lowest BCUT2D eigenvalue weighted by Gasteiger charge is -2.23. The van der Waals surface area contributed by atoms with Crippen LogP contribution in [0.15, 0.2) is 36.5 Å². The zero-order valence-electron chi connectivity index (χ0n) is 7.03. The van der Waals surface area contributed by atoms with Crippen LogP contribution < -0.4 is 5.06 Å². The third-order valence-corrected chi connectivity index (χ3v) is 2.00. The molecule has 1 aliphatic rings. The molecule has 1 aromatic carbocycles. The minimum absolute atomic E-state index is 0.996. The Balaban J connectivity index is 2.43. The Labute approximate surface area is 72.0 Å². The average molecular weight is 161 g/mol. The van der Waals surface area contributed by atoms with Gasteiger partial charge in [-0.25, -0.2) is 5.06 Å². The van der Waals surface area contributed by atoms with E-state index in [4.69, 9.17) is 4.84 Å². The molecule has 0 bridgehead atoms. The van der Waals surface area contributed by atoms with Crippen molar-refractivity contribution in [3.63, 3.8) is 0 Å². The summed E-state index contributed by atoms with van der Waals surface area (Å²) >= 11 is 0. The third kappa shape index (κ3) is 1.10. The van der Waals surface area contributed by atoms with Gasteiger partial charge in [0.25, 0.3) is 0 Å². The van der Waals surface area contributed by atoms with Crippen molar-refractivity contribution in [1.82, 2.24) is 0 Å². The van der Waals surface area contributed by atoms with Gasteiger partial charge in [-0.3, -0.25) is 4.84 Å². The first-order valence-electron chi connectivity index (χ1n) is 4.00. The normalized spacial score (nSPS) is 14.6. The molecule has 0 fully saturated rings. The average Bonchev–Trinajstić information content (AvgIpc) is 2.17. The molecule has 1 aliphatic heterocycles. The van der Waals surface area contributed by atoms with Gasteiger partial charge in [-0.1, -0.05) is 24.3 Å². The molecule has 1 heterocycles. The van der Waals surface area contributed by atoms with Crippen LogP contribution in [0.1, 0.15) is 5.56 Å². The predicted octanol–water partition coefficient (Wildman–Crippen LogP) is 2.12. The topological polar surface area (TPSA) is 12.5 Å². The summed E-state index contributed by atoms with van der Waals surface area (Å²) < 4.78 is 0. The smallest absolute Gasteiger partial charge is 0.0723 e. The SMILES string of the molecule is CON1C=CCc2ccccc21. The third-order valence-electron chi connectivity index (χ3n) is 2.00. The maximum absolute atomic E-state index is 5.16. The van der Waals surface area contributed by atoms with Gasteiger partial charge in [0, 0.05) is 6.20 Å². The first-order chi connectivity index (χ1) is 5.92. The number of fused-ring (bicyclic) bond motifs is 1. The number of para-hydroxylation sites is 1. The standard InChI is InChI=1S/C10H11NO/c1-12-11-8-4-6-9-5-2-3-7-10(9)11/h2-5,7-8H,6H2,1H3. The number of hydrogen-bond acceptors (Lipinski definition) is 2. The van der Waals surface area contributed by atoms with E-state index in [1.54, 1.807) is 12.2 Å². The Bertz CT molecular complexity index is 306. The van der Waals surface area contributed by atoms with E-state index in [0.29, 0.717) is 0 Å². The molecule has 1 aromatic rings. The lowest BCUT2D eigenvalue weighted by Crippen LogP contribution is -2.18. The lowest BCUT2D eigenvalue weighted by molar-refractivity contribution is 0.196. The van der Waals surface area contributed by atoms with Crippen LogP contribution in [-0.2, 0) is 11.3 Å². The molecule has 0 N–H and O–H groups in total. The maximum atomic E-state index is 5.16. The van der Waals surface area contributed by atoms with Gasteiger partial charge in [0.15, 0.2) is 0 Å². The van der Waals surface area contributed by atoms with E-state index in [1.807, 2.05) is 18.3 Å². The van der Waals surface area contributed by atoms with E-state index in [0.717, 1.165) is 12.1 Å². The first kappa shape index (κ1) is 7.37. The van der Waals surface area contributed by atoms with Crippen LogP contribution in [0.3, 0.4) is 0 Å². The Morgan fingerprint density at radius 2 is 2.17 bits per heavy atom. The number of allylic oxidation sites excluding steroid dienone is 1. The van der Waals surface area contributed by atoms with Crippen LogP contribution in [0, 0.1) is 0 Å². The van der Waals surface area contributed by atoms with Crippen molar-refractivity contribution in [2.24, 2.45) is 0 Å². The van der Waals surface area contributed by atoms with Gasteiger partial charge >= 0.3 is 0 Å². The molecule has 2 nitrogen and oxygen atoms in total. The lowest BCUT2D eigenvalue weighted by atomic mass is 10.1. The molecule has 0 aromatic heterocycles. The molecule has 0 spiro atoms. The molecular formula is C10H11NO. The number of hydroxylamine groups is 1. The number of hydrogen-bond donors (Lipinski definition) is 0. The molecule has 2 rings (SSSR count). The van der Waals surface area contributed by atoms with Crippen molar-refractivity contribution in [2.75, 3.05) is 12.2 Å². The molecule has 2 heteroatoms. The molecule has 0 saturated heterocycles. The summed E-state index contributed by atoms with van der Waals surface area (Å²) in [6.07, 6.45) is 5.03. The van der Waals surface area contributed by atoms with Crippen molar-refractivity contribution < 1.29 is 4.84 Å². The van der Waals surface area contributed by atoms with Crippen LogP contribution in [-0.4, -0.2) is 7.11 Å².